The molecule has 2 rings (SSSR count). The van der Waals surface area contributed by atoms with Crippen molar-refractivity contribution in [2.45, 2.75) is 11.8 Å². The SMILES string of the molecule is COC(OC)C1(c2ccc(Cl)cc2)NC(=O)N(C)C1=O. The van der Waals surface area contributed by atoms with E-state index in [1.807, 2.05) is 0 Å². The Kier molecular flexibility index (Phi) is 3.99. The topological polar surface area (TPSA) is 67.9 Å². The number of hydrogen-bond donors (Lipinski definition) is 1. The summed E-state index contributed by atoms with van der Waals surface area (Å²) in [6, 6.07) is 6.08. The van der Waals surface area contributed by atoms with Gasteiger partial charge in [-0.05, 0) is 17.7 Å². The number of nitrogens with one attached hydrogen (secondary N) is 1. The van der Waals surface area contributed by atoms with E-state index in [2.05, 4.69) is 5.32 Å². The minimum Gasteiger partial charge on any atom is -0.353 e. The third-order valence-corrected chi connectivity index (χ3v) is 3.58. The van der Waals surface area contributed by atoms with Gasteiger partial charge < -0.3 is 14.8 Å². The second-order valence-electron chi connectivity index (χ2n) is 4.41. The fourth-order valence-electron chi connectivity index (χ4n) is 2.32. The molecule has 1 aliphatic heterocycles. The molecule has 0 bridgehead atoms. The van der Waals surface area contributed by atoms with Crippen LogP contribution in [0, 0.1) is 0 Å². The summed E-state index contributed by atoms with van der Waals surface area (Å²) in [5, 5.41) is 3.18. The number of rotatable bonds is 4. The van der Waals surface area contributed by atoms with Gasteiger partial charge in [0.15, 0.2) is 11.8 Å². The molecule has 6 nitrogen and oxygen atoms in total. The van der Waals surface area contributed by atoms with Gasteiger partial charge in [0, 0.05) is 26.3 Å². The zero-order valence-electron chi connectivity index (χ0n) is 11.3. The Morgan fingerprint density at radius 2 is 1.75 bits per heavy atom. The molecule has 1 aliphatic rings. The Bertz CT molecular complexity index is 530. The van der Waals surface area contributed by atoms with Gasteiger partial charge in [-0.1, -0.05) is 23.7 Å². The lowest BCUT2D eigenvalue weighted by molar-refractivity contribution is -0.169. The van der Waals surface area contributed by atoms with Gasteiger partial charge in [-0.25, -0.2) is 4.79 Å². The van der Waals surface area contributed by atoms with E-state index < -0.39 is 23.8 Å². The molecule has 1 N–H and O–H groups in total. The van der Waals surface area contributed by atoms with Crippen LogP contribution in [0.2, 0.25) is 5.02 Å². The van der Waals surface area contributed by atoms with Crippen molar-refractivity contribution in [2.75, 3.05) is 21.3 Å². The van der Waals surface area contributed by atoms with Crippen LogP contribution in [0.5, 0.6) is 0 Å². The quantitative estimate of drug-likeness (QED) is 0.673. The standard InChI is InChI=1S/C13H15ClN2O4/c1-16-10(17)13(15-12(16)18,11(19-2)20-3)8-4-6-9(14)7-5-8/h4-7,11H,1-3H3,(H,15,18). The van der Waals surface area contributed by atoms with Gasteiger partial charge >= 0.3 is 6.03 Å². The highest BCUT2D eigenvalue weighted by atomic mass is 35.5. The molecule has 1 aromatic carbocycles. The first kappa shape index (κ1) is 14.8. The van der Waals surface area contributed by atoms with Crippen LogP contribution in [0.25, 0.3) is 0 Å². The molecule has 1 unspecified atom stereocenters. The van der Waals surface area contributed by atoms with Crippen LogP contribution < -0.4 is 5.32 Å². The van der Waals surface area contributed by atoms with E-state index in [0.717, 1.165) is 4.90 Å². The normalized spacial score (nSPS) is 22.6. The molecule has 0 aliphatic carbocycles. The molecule has 20 heavy (non-hydrogen) atoms. The van der Waals surface area contributed by atoms with Gasteiger partial charge in [-0.15, -0.1) is 0 Å². The summed E-state index contributed by atoms with van der Waals surface area (Å²) in [5.74, 6) is -0.446. The van der Waals surface area contributed by atoms with Gasteiger partial charge in [-0.2, -0.15) is 0 Å². The summed E-state index contributed by atoms with van der Waals surface area (Å²) in [4.78, 5) is 25.4. The molecular formula is C13H15ClN2O4. The second kappa shape index (κ2) is 5.40. The average Bonchev–Trinajstić information content (AvgIpc) is 2.67. The van der Waals surface area contributed by atoms with Crippen molar-refractivity contribution in [3.63, 3.8) is 0 Å². The van der Waals surface area contributed by atoms with Gasteiger partial charge in [0.05, 0.1) is 0 Å². The van der Waals surface area contributed by atoms with E-state index in [0.29, 0.717) is 10.6 Å². The number of benzene rings is 1. The fraction of sp³-hybridized carbons (Fsp3) is 0.385. The van der Waals surface area contributed by atoms with Crippen LogP contribution in [0.15, 0.2) is 24.3 Å². The molecule has 108 valence electrons. The van der Waals surface area contributed by atoms with E-state index in [4.69, 9.17) is 21.1 Å². The van der Waals surface area contributed by atoms with Crippen LogP contribution in [-0.4, -0.2) is 44.4 Å². The van der Waals surface area contributed by atoms with Crippen LogP contribution in [0.3, 0.4) is 0 Å². The fourth-order valence-corrected chi connectivity index (χ4v) is 2.44. The third kappa shape index (κ3) is 2.06. The lowest BCUT2D eigenvalue weighted by Crippen LogP contribution is -2.55. The van der Waals surface area contributed by atoms with Crippen LogP contribution in [0.4, 0.5) is 4.79 Å². The number of likely N-dealkylation sites (N-methyl/N-ethyl adjacent to an activating group) is 1. The predicted molar refractivity (Wildman–Crippen MR) is 72.2 cm³/mol. The number of carbonyl (C=O) groups is 2. The summed E-state index contributed by atoms with van der Waals surface area (Å²) < 4.78 is 10.4. The van der Waals surface area contributed by atoms with Crippen LogP contribution in [-0.2, 0) is 19.8 Å². The number of ether oxygens (including phenoxy) is 2. The molecule has 7 heteroatoms. The van der Waals surface area contributed by atoms with E-state index in [-0.39, 0.29) is 0 Å². The molecule has 1 atom stereocenters. The number of urea groups is 1. The van der Waals surface area contributed by atoms with Gasteiger partial charge in [0.25, 0.3) is 5.91 Å². The minimum atomic E-state index is -1.42. The van der Waals surface area contributed by atoms with Crippen molar-refractivity contribution in [1.82, 2.24) is 10.2 Å². The van der Waals surface area contributed by atoms with Crippen LogP contribution >= 0.6 is 11.6 Å². The molecule has 0 spiro atoms. The Labute approximate surface area is 121 Å². The maximum atomic E-state index is 12.5. The highest BCUT2D eigenvalue weighted by Gasteiger charge is 2.57. The van der Waals surface area contributed by atoms with Crippen molar-refractivity contribution in [3.8, 4) is 0 Å². The first-order valence-corrected chi connectivity index (χ1v) is 6.27. The Balaban J connectivity index is 2.59. The van der Waals surface area contributed by atoms with Crippen molar-refractivity contribution < 1.29 is 19.1 Å². The number of hydrogen-bond acceptors (Lipinski definition) is 4. The zero-order chi connectivity index (χ0) is 14.9. The van der Waals surface area contributed by atoms with Crippen molar-refractivity contribution >= 4 is 23.5 Å². The smallest absolute Gasteiger partial charge is 0.325 e. The van der Waals surface area contributed by atoms with E-state index in [1.165, 1.54) is 21.3 Å². The lowest BCUT2D eigenvalue weighted by Gasteiger charge is -2.33. The van der Waals surface area contributed by atoms with Crippen molar-refractivity contribution in [1.29, 1.82) is 0 Å². The molecule has 3 amide bonds. The largest absolute Gasteiger partial charge is 0.353 e. The zero-order valence-corrected chi connectivity index (χ0v) is 12.1. The molecule has 1 saturated heterocycles. The minimum absolute atomic E-state index is 0.446. The summed E-state index contributed by atoms with van der Waals surface area (Å²) in [6.07, 6.45) is -0.954. The van der Waals surface area contributed by atoms with Gasteiger partial charge in [0.2, 0.25) is 0 Å². The summed E-state index contributed by atoms with van der Waals surface area (Å²) in [5.41, 5.74) is -0.877. The summed E-state index contributed by atoms with van der Waals surface area (Å²) >= 11 is 5.86. The number of imide groups is 1. The Hall–Kier alpha value is -1.63. The van der Waals surface area contributed by atoms with Crippen LogP contribution in [0.1, 0.15) is 5.56 Å². The third-order valence-electron chi connectivity index (χ3n) is 3.33. The molecule has 1 fully saturated rings. The van der Waals surface area contributed by atoms with E-state index in [9.17, 15) is 9.59 Å². The number of methoxy groups -OCH3 is 2. The maximum Gasteiger partial charge on any atom is 0.325 e. The molecular weight excluding hydrogens is 284 g/mol. The molecule has 1 aromatic rings. The Morgan fingerprint density at radius 1 is 1.20 bits per heavy atom. The van der Waals surface area contributed by atoms with Crippen molar-refractivity contribution in [2.24, 2.45) is 0 Å². The highest BCUT2D eigenvalue weighted by Crippen LogP contribution is 2.34. The van der Waals surface area contributed by atoms with E-state index >= 15 is 0 Å². The average molecular weight is 299 g/mol. The molecule has 0 aromatic heterocycles. The molecule has 0 radical (unpaired) electrons. The number of halogens is 1. The van der Waals surface area contributed by atoms with Gasteiger partial charge in [0.1, 0.15) is 0 Å². The monoisotopic (exact) mass is 298 g/mol. The number of nitrogens with zero attached hydrogens (tertiary/aromatic N) is 1. The highest BCUT2D eigenvalue weighted by molar-refractivity contribution is 6.30. The van der Waals surface area contributed by atoms with E-state index in [1.54, 1.807) is 24.3 Å². The molecule has 1 heterocycles. The van der Waals surface area contributed by atoms with Crippen molar-refractivity contribution in [3.05, 3.63) is 34.9 Å². The Morgan fingerprint density at radius 3 is 2.15 bits per heavy atom. The summed E-state index contributed by atoms with van der Waals surface area (Å²) in [7, 11) is 4.21. The predicted octanol–water partition coefficient (Wildman–Crippen LogP) is 1.34. The number of amides is 3. The number of carbonyl (C=O) groups excluding carboxylic acids is 2. The van der Waals surface area contributed by atoms with Gasteiger partial charge in [-0.3, -0.25) is 9.69 Å². The first-order chi connectivity index (χ1) is 9.47. The summed E-state index contributed by atoms with van der Waals surface area (Å²) in [6.45, 7) is 0. The second-order valence-corrected chi connectivity index (χ2v) is 4.85. The first-order valence-electron chi connectivity index (χ1n) is 5.89. The molecule has 0 saturated carbocycles. The maximum absolute atomic E-state index is 12.5. The lowest BCUT2D eigenvalue weighted by atomic mass is 9.89.